The molecule has 0 radical (unpaired) electrons. The monoisotopic (exact) mass is 276 g/mol. The third kappa shape index (κ3) is 3.81. The van der Waals surface area contributed by atoms with Crippen LogP contribution in [0.1, 0.15) is 19.6 Å². The van der Waals surface area contributed by atoms with Crippen LogP contribution in [0.25, 0.3) is 0 Å². The number of aliphatic hydroxyl groups is 1. The second-order valence-electron chi connectivity index (χ2n) is 4.26. The van der Waals surface area contributed by atoms with Crippen molar-refractivity contribution in [3.63, 3.8) is 0 Å². The van der Waals surface area contributed by atoms with E-state index in [2.05, 4.69) is 10.0 Å². The molecule has 1 rings (SSSR count). The Hall–Kier alpha value is -0.890. The van der Waals surface area contributed by atoms with E-state index in [1.54, 1.807) is 6.07 Å². The number of aliphatic hydroxyl groups excluding tert-OH is 1. The van der Waals surface area contributed by atoms with E-state index in [9.17, 15) is 8.42 Å². The third-order valence-corrected chi connectivity index (χ3v) is 4.20. The van der Waals surface area contributed by atoms with E-state index in [1.165, 1.54) is 13.1 Å². The zero-order chi connectivity index (χ0) is 13.8. The van der Waals surface area contributed by atoms with Gasteiger partial charge in [-0.15, -0.1) is 0 Å². The Bertz CT molecular complexity index is 469. The molecular weight excluding hydrogens is 256 g/mol. The predicted octanol–water partition coefficient (Wildman–Crippen LogP) is 0.294. The SMILES string of the molecule is CNS(=O)(=O)c1ccc(CNC(C)C(C)CO)o1. The van der Waals surface area contributed by atoms with Crippen molar-refractivity contribution in [3.8, 4) is 0 Å². The number of sulfonamides is 1. The minimum Gasteiger partial charge on any atom is -0.447 e. The summed E-state index contributed by atoms with van der Waals surface area (Å²) in [5, 5.41) is 12.1. The zero-order valence-electron chi connectivity index (χ0n) is 10.8. The van der Waals surface area contributed by atoms with Crippen molar-refractivity contribution >= 4 is 10.0 Å². The summed E-state index contributed by atoms with van der Waals surface area (Å²) in [4.78, 5) is 0. The molecule has 0 bridgehead atoms. The Morgan fingerprint density at radius 3 is 2.61 bits per heavy atom. The number of furan rings is 1. The van der Waals surface area contributed by atoms with Gasteiger partial charge in [0.05, 0.1) is 6.54 Å². The second-order valence-corrected chi connectivity index (χ2v) is 6.08. The first-order chi connectivity index (χ1) is 8.40. The smallest absolute Gasteiger partial charge is 0.273 e. The van der Waals surface area contributed by atoms with Crippen LogP contribution in [-0.4, -0.2) is 33.2 Å². The molecule has 18 heavy (non-hydrogen) atoms. The normalized spacial score (nSPS) is 15.6. The highest BCUT2D eigenvalue weighted by Crippen LogP contribution is 2.13. The number of rotatable bonds is 7. The highest BCUT2D eigenvalue weighted by molar-refractivity contribution is 7.89. The minimum atomic E-state index is -3.52. The lowest BCUT2D eigenvalue weighted by Gasteiger charge is -2.18. The van der Waals surface area contributed by atoms with Crippen LogP contribution in [0.4, 0.5) is 0 Å². The van der Waals surface area contributed by atoms with Crippen LogP contribution in [0.15, 0.2) is 21.6 Å². The maximum Gasteiger partial charge on any atom is 0.273 e. The maximum absolute atomic E-state index is 11.4. The molecule has 0 amide bonds. The summed E-state index contributed by atoms with van der Waals surface area (Å²) < 4.78 is 30.3. The summed E-state index contributed by atoms with van der Waals surface area (Å²) in [6, 6.07) is 3.15. The van der Waals surface area contributed by atoms with E-state index in [1.807, 2.05) is 13.8 Å². The van der Waals surface area contributed by atoms with Crippen molar-refractivity contribution in [3.05, 3.63) is 17.9 Å². The van der Waals surface area contributed by atoms with Gasteiger partial charge in [0.15, 0.2) is 0 Å². The first-order valence-corrected chi connectivity index (χ1v) is 7.25. The van der Waals surface area contributed by atoms with Crippen molar-refractivity contribution in [2.75, 3.05) is 13.7 Å². The van der Waals surface area contributed by atoms with E-state index >= 15 is 0 Å². The van der Waals surface area contributed by atoms with Crippen molar-refractivity contribution in [1.82, 2.24) is 10.0 Å². The molecule has 2 atom stereocenters. The van der Waals surface area contributed by atoms with Crippen LogP contribution in [0.3, 0.4) is 0 Å². The summed E-state index contributed by atoms with van der Waals surface area (Å²) in [7, 11) is -2.19. The molecule has 0 aromatic carbocycles. The first kappa shape index (κ1) is 15.2. The summed E-state index contributed by atoms with van der Waals surface area (Å²) in [5.74, 6) is 0.668. The largest absolute Gasteiger partial charge is 0.447 e. The predicted molar refractivity (Wildman–Crippen MR) is 67.5 cm³/mol. The topological polar surface area (TPSA) is 91.6 Å². The van der Waals surface area contributed by atoms with Gasteiger partial charge in [-0.3, -0.25) is 0 Å². The zero-order valence-corrected chi connectivity index (χ0v) is 11.6. The second kappa shape index (κ2) is 6.33. The third-order valence-electron chi connectivity index (χ3n) is 2.91. The number of nitrogens with one attached hydrogen (secondary N) is 2. The van der Waals surface area contributed by atoms with E-state index in [0.29, 0.717) is 12.3 Å². The Balaban J connectivity index is 2.60. The quantitative estimate of drug-likeness (QED) is 0.666. The minimum absolute atomic E-state index is 0.0929. The van der Waals surface area contributed by atoms with Gasteiger partial charge in [-0.05, 0) is 32.0 Å². The molecule has 0 saturated carbocycles. The van der Waals surface area contributed by atoms with Crippen molar-refractivity contribution in [2.24, 2.45) is 5.92 Å². The summed E-state index contributed by atoms with van der Waals surface area (Å²) >= 11 is 0. The van der Waals surface area contributed by atoms with Crippen LogP contribution in [0.5, 0.6) is 0 Å². The highest BCUT2D eigenvalue weighted by atomic mass is 32.2. The molecule has 2 unspecified atom stereocenters. The summed E-state index contributed by atoms with van der Waals surface area (Å²) in [5.41, 5.74) is 0. The van der Waals surface area contributed by atoms with Crippen LogP contribution in [0.2, 0.25) is 0 Å². The summed E-state index contributed by atoms with van der Waals surface area (Å²) in [6.45, 7) is 4.40. The molecule has 1 aromatic heterocycles. The van der Waals surface area contributed by atoms with E-state index in [4.69, 9.17) is 9.52 Å². The highest BCUT2D eigenvalue weighted by Gasteiger charge is 2.17. The van der Waals surface area contributed by atoms with Gasteiger partial charge in [0.25, 0.3) is 10.0 Å². The Morgan fingerprint density at radius 2 is 2.06 bits per heavy atom. The molecule has 7 heteroatoms. The Morgan fingerprint density at radius 1 is 1.39 bits per heavy atom. The van der Waals surface area contributed by atoms with Crippen molar-refractivity contribution in [2.45, 2.75) is 31.5 Å². The molecule has 0 aliphatic heterocycles. The van der Waals surface area contributed by atoms with Crippen molar-refractivity contribution in [1.29, 1.82) is 0 Å². The van der Waals surface area contributed by atoms with Gasteiger partial charge in [-0.1, -0.05) is 6.92 Å². The number of hydrogen-bond acceptors (Lipinski definition) is 5. The van der Waals surface area contributed by atoms with Crippen molar-refractivity contribution < 1.29 is 17.9 Å². The lowest BCUT2D eigenvalue weighted by molar-refractivity contribution is 0.205. The first-order valence-electron chi connectivity index (χ1n) is 5.77. The fourth-order valence-electron chi connectivity index (χ4n) is 1.32. The van der Waals surface area contributed by atoms with Gasteiger partial charge in [-0.2, -0.15) is 0 Å². The Kier molecular flexibility index (Phi) is 5.33. The fraction of sp³-hybridized carbons (Fsp3) is 0.636. The molecule has 1 heterocycles. The van der Waals surface area contributed by atoms with Gasteiger partial charge in [0.1, 0.15) is 5.76 Å². The lowest BCUT2D eigenvalue weighted by Crippen LogP contribution is -2.33. The van der Waals surface area contributed by atoms with Gasteiger partial charge < -0.3 is 14.8 Å². The molecule has 104 valence electrons. The van der Waals surface area contributed by atoms with Crippen LogP contribution in [0, 0.1) is 5.92 Å². The van der Waals surface area contributed by atoms with Crippen LogP contribution in [-0.2, 0) is 16.6 Å². The fourth-order valence-corrected chi connectivity index (χ4v) is 1.98. The number of hydrogen-bond donors (Lipinski definition) is 3. The molecule has 0 fully saturated rings. The summed E-state index contributed by atoms with van der Waals surface area (Å²) in [6.07, 6.45) is 0. The average Bonchev–Trinajstić information content (AvgIpc) is 2.84. The molecule has 3 N–H and O–H groups in total. The van der Waals surface area contributed by atoms with E-state index in [-0.39, 0.29) is 23.7 Å². The molecule has 1 aromatic rings. The van der Waals surface area contributed by atoms with E-state index < -0.39 is 10.0 Å². The average molecular weight is 276 g/mol. The standard InChI is InChI=1S/C11H20N2O4S/c1-8(7-14)9(2)13-6-10-4-5-11(17-10)18(15,16)12-3/h4-5,8-9,12-14H,6-7H2,1-3H3. The van der Waals surface area contributed by atoms with Gasteiger partial charge >= 0.3 is 0 Å². The molecule has 0 saturated heterocycles. The van der Waals surface area contributed by atoms with Gasteiger partial charge in [-0.25, -0.2) is 13.1 Å². The van der Waals surface area contributed by atoms with Crippen LogP contribution >= 0.6 is 0 Å². The van der Waals surface area contributed by atoms with Gasteiger partial charge in [0, 0.05) is 12.6 Å². The Labute approximate surface area is 107 Å². The molecule has 0 aliphatic carbocycles. The van der Waals surface area contributed by atoms with Crippen LogP contribution < -0.4 is 10.0 Å². The lowest BCUT2D eigenvalue weighted by atomic mass is 10.1. The maximum atomic E-state index is 11.4. The molecule has 0 aliphatic rings. The molecular formula is C11H20N2O4S. The molecule has 6 nitrogen and oxygen atoms in total. The van der Waals surface area contributed by atoms with Gasteiger partial charge in [0.2, 0.25) is 5.09 Å². The molecule has 0 spiro atoms. The van der Waals surface area contributed by atoms with E-state index in [0.717, 1.165) is 0 Å².